The maximum absolute atomic E-state index is 6.06. The van der Waals surface area contributed by atoms with Gasteiger partial charge in [-0.1, -0.05) is 24.6 Å². The molecule has 1 fully saturated rings. The van der Waals surface area contributed by atoms with Crippen molar-refractivity contribution in [2.75, 3.05) is 11.6 Å². The molecule has 1 aromatic carbocycles. The number of nitrogens with one attached hydrogen (secondary N) is 1. The second kappa shape index (κ2) is 4.67. The van der Waals surface area contributed by atoms with Gasteiger partial charge in [-0.3, -0.25) is 0 Å². The Kier molecular flexibility index (Phi) is 3.04. The van der Waals surface area contributed by atoms with Crippen LogP contribution in [0, 0.1) is 5.92 Å². The monoisotopic (exact) mass is 231 g/mol. The van der Waals surface area contributed by atoms with Gasteiger partial charge in [-0.15, -0.1) is 0 Å². The summed E-state index contributed by atoms with van der Waals surface area (Å²) in [6, 6.07) is 9.06. The molecule has 3 heteroatoms. The van der Waals surface area contributed by atoms with E-state index in [1.54, 1.807) is 0 Å². The Hall–Kier alpha value is -1.06. The average molecular weight is 231 g/mol. The Morgan fingerprint density at radius 1 is 1.29 bits per heavy atom. The zero-order valence-corrected chi connectivity index (χ0v) is 10.2. The minimum Gasteiger partial charge on any atom is -0.328 e. The summed E-state index contributed by atoms with van der Waals surface area (Å²) in [6.07, 6.45) is 5.01. The Bertz CT molecular complexity index is 391. The van der Waals surface area contributed by atoms with Gasteiger partial charge in [0, 0.05) is 19.1 Å². The van der Waals surface area contributed by atoms with Crippen molar-refractivity contribution in [3.63, 3.8) is 0 Å². The highest BCUT2D eigenvalue weighted by Gasteiger charge is 2.24. The fraction of sp³-hybridized carbons (Fsp3) is 0.571. The summed E-state index contributed by atoms with van der Waals surface area (Å²) in [5.74, 6) is 0.748. The molecule has 3 nitrogen and oxygen atoms in total. The van der Waals surface area contributed by atoms with Gasteiger partial charge in [-0.25, -0.2) is 5.43 Å². The zero-order chi connectivity index (χ0) is 11.7. The van der Waals surface area contributed by atoms with Crippen molar-refractivity contribution in [2.24, 2.45) is 11.7 Å². The molecule has 3 N–H and O–H groups in total. The van der Waals surface area contributed by atoms with Crippen LogP contribution in [0.2, 0.25) is 0 Å². The lowest BCUT2D eigenvalue weighted by atomic mass is 9.86. The van der Waals surface area contributed by atoms with Gasteiger partial charge in [0.25, 0.3) is 0 Å². The standard InChI is InChI=1S/C14H21N3/c15-13-6-3-4-11(8-13)10-17-14-7-2-1-5-12(14)9-16-17/h1-2,5,7,11,13,16H,3-4,6,8-10,15H2. The summed E-state index contributed by atoms with van der Waals surface area (Å²) in [6.45, 7) is 2.07. The molecule has 2 aliphatic rings. The maximum atomic E-state index is 6.06. The first-order valence-electron chi connectivity index (χ1n) is 6.67. The van der Waals surface area contributed by atoms with Crippen LogP contribution in [0.3, 0.4) is 0 Å². The predicted octanol–water partition coefficient (Wildman–Crippen LogP) is 2.03. The summed E-state index contributed by atoms with van der Waals surface area (Å²) in [4.78, 5) is 0. The van der Waals surface area contributed by atoms with E-state index >= 15 is 0 Å². The van der Waals surface area contributed by atoms with E-state index in [9.17, 15) is 0 Å². The third kappa shape index (κ3) is 2.31. The zero-order valence-electron chi connectivity index (χ0n) is 10.2. The summed E-state index contributed by atoms with van der Waals surface area (Å²) < 4.78 is 0. The molecule has 1 aliphatic heterocycles. The van der Waals surface area contributed by atoms with E-state index in [2.05, 4.69) is 34.7 Å². The summed E-state index contributed by atoms with van der Waals surface area (Å²) in [5.41, 5.74) is 12.3. The van der Waals surface area contributed by atoms with Crippen LogP contribution in [0.25, 0.3) is 0 Å². The van der Waals surface area contributed by atoms with Gasteiger partial charge in [-0.05, 0) is 36.8 Å². The number of para-hydroxylation sites is 1. The van der Waals surface area contributed by atoms with Crippen molar-refractivity contribution in [3.8, 4) is 0 Å². The lowest BCUT2D eigenvalue weighted by molar-refractivity contribution is 0.318. The van der Waals surface area contributed by atoms with Gasteiger partial charge in [0.2, 0.25) is 0 Å². The lowest BCUT2D eigenvalue weighted by Gasteiger charge is -2.31. The molecular formula is C14H21N3. The highest BCUT2D eigenvalue weighted by atomic mass is 15.5. The van der Waals surface area contributed by atoms with Crippen molar-refractivity contribution in [1.82, 2.24) is 5.43 Å². The maximum Gasteiger partial charge on any atom is 0.0565 e. The van der Waals surface area contributed by atoms with Crippen LogP contribution in [0.4, 0.5) is 5.69 Å². The minimum absolute atomic E-state index is 0.423. The molecule has 92 valence electrons. The van der Waals surface area contributed by atoms with Gasteiger partial charge in [-0.2, -0.15) is 0 Å². The topological polar surface area (TPSA) is 41.3 Å². The van der Waals surface area contributed by atoms with E-state index in [0.29, 0.717) is 6.04 Å². The molecule has 17 heavy (non-hydrogen) atoms. The number of anilines is 1. The van der Waals surface area contributed by atoms with Crippen LogP contribution in [0.15, 0.2) is 24.3 Å². The first-order valence-corrected chi connectivity index (χ1v) is 6.67. The first-order chi connectivity index (χ1) is 8.33. The smallest absolute Gasteiger partial charge is 0.0565 e. The lowest BCUT2D eigenvalue weighted by Crippen LogP contribution is -2.39. The average Bonchev–Trinajstić information content (AvgIpc) is 2.73. The molecule has 0 radical (unpaired) electrons. The molecule has 1 aliphatic carbocycles. The first kappa shape index (κ1) is 11.1. The van der Waals surface area contributed by atoms with Crippen molar-refractivity contribution < 1.29 is 0 Å². The van der Waals surface area contributed by atoms with Crippen LogP contribution in [0.1, 0.15) is 31.2 Å². The third-order valence-electron chi connectivity index (χ3n) is 4.01. The molecule has 2 unspecified atom stereocenters. The number of hydrogen-bond donors (Lipinski definition) is 2. The predicted molar refractivity (Wildman–Crippen MR) is 70.6 cm³/mol. The normalized spacial score (nSPS) is 28.2. The van der Waals surface area contributed by atoms with E-state index in [1.807, 2.05) is 0 Å². The molecule has 0 spiro atoms. The molecule has 0 aromatic heterocycles. The molecule has 2 atom stereocenters. The van der Waals surface area contributed by atoms with Crippen molar-refractivity contribution >= 4 is 5.69 Å². The number of nitrogens with zero attached hydrogens (tertiary/aromatic N) is 1. The molecule has 1 heterocycles. The fourth-order valence-corrected chi connectivity index (χ4v) is 3.11. The number of benzene rings is 1. The highest BCUT2D eigenvalue weighted by molar-refractivity contribution is 5.55. The SMILES string of the molecule is NC1CCCC(CN2NCc3ccccc32)C1. The van der Waals surface area contributed by atoms with Crippen LogP contribution in [0.5, 0.6) is 0 Å². The Balaban J connectivity index is 1.67. The molecule has 3 rings (SSSR count). The van der Waals surface area contributed by atoms with E-state index in [0.717, 1.165) is 19.0 Å². The van der Waals surface area contributed by atoms with Gasteiger partial charge < -0.3 is 10.7 Å². The van der Waals surface area contributed by atoms with E-state index in [4.69, 9.17) is 5.73 Å². The highest BCUT2D eigenvalue weighted by Crippen LogP contribution is 2.29. The van der Waals surface area contributed by atoms with E-state index < -0.39 is 0 Å². The summed E-state index contributed by atoms with van der Waals surface area (Å²) in [7, 11) is 0. The number of rotatable bonds is 2. The van der Waals surface area contributed by atoms with E-state index in [-0.39, 0.29) is 0 Å². The van der Waals surface area contributed by atoms with Gasteiger partial charge >= 0.3 is 0 Å². The molecule has 0 bridgehead atoms. The third-order valence-corrected chi connectivity index (χ3v) is 4.01. The van der Waals surface area contributed by atoms with Gasteiger partial charge in [0.15, 0.2) is 0 Å². The summed E-state index contributed by atoms with van der Waals surface area (Å²) >= 11 is 0. The Morgan fingerprint density at radius 3 is 3.06 bits per heavy atom. The Morgan fingerprint density at radius 2 is 2.18 bits per heavy atom. The van der Waals surface area contributed by atoms with Crippen molar-refractivity contribution in [2.45, 2.75) is 38.3 Å². The Labute approximate surface area is 103 Å². The van der Waals surface area contributed by atoms with Crippen LogP contribution in [-0.4, -0.2) is 12.6 Å². The summed E-state index contributed by atoms with van der Waals surface area (Å²) in [5, 5.41) is 2.32. The quantitative estimate of drug-likeness (QED) is 0.818. The van der Waals surface area contributed by atoms with E-state index in [1.165, 1.54) is 36.9 Å². The van der Waals surface area contributed by atoms with Crippen LogP contribution < -0.4 is 16.2 Å². The number of hydrazine groups is 1. The minimum atomic E-state index is 0.423. The largest absolute Gasteiger partial charge is 0.328 e. The second-order valence-corrected chi connectivity index (χ2v) is 5.37. The number of hydrogen-bond acceptors (Lipinski definition) is 3. The van der Waals surface area contributed by atoms with Crippen molar-refractivity contribution in [3.05, 3.63) is 29.8 Å². The fourth-order valence-electron chi connectivity index (χ4n) is 3.11. The number of nitrogens with two attached hydrogens (primary N) is 1. The van der Waals surface area contributed by atoms with Gasteiger partial charge in [0.05, 0.1) is 5.69 Å². The van der Waals surface area contributed by atoms with Crippen LogP contribution >= 0.6 is 0 Å². The van der Waals surface area contributed by atoms with Gasteiger partial charge in [0.1, 0.15) is 0 Å². The molecule has 1 saturated carbocycles. The molecular weight excluding hydrogens is 210 g/mol. The second-order valence-electron chi connectivity index (χ2n) is 5.37. The number of fused-ring (bicyclic) bond motifs is 1. The van der Waals surface area contributed by atoms with Crippen LogP contribution in [-0.2, 0) is 6.54 Å². The molecule has 0 saturated heterocycles. The van der Waals surface area contributed by atoms with Crippen molar-refractivity contribution in [1.29, 1.82) is 0 Å². The molecule has 1 aromatic rings. The molecule has 0 amide bonds.